The lowest BCUT2D eigenvalue weighted by Crippen LogP contribution is -2.63. The first-order chi connectivity index (χ1) is 10.2. The summed E-state index contributed by atoms with van der Waals surface area (Å²) in [6.45, 7) is 5.39. The number of ether oxygens (including phenoxy) is 1. The van der Waals surface area contributed by atoms with Gasteiger partial charge in [0, 0.05) is 22.9 Å². The van der Waals surface area contributed by atoms with Gasteiger partial charge in [-0.3, -0.25) is 0 Å². The number of benzene rings is 1. The van der Waals surface area contributed by atoms with Gasteiger partial charge in [0.1, 0.15) is 11.9 Å². The van der Waals surface area contributed by atoms with E-state index in [1.807, 2.05) is 19.1 Å². The van der Waals surface area contributed by atoms with Crippen molar-refractivity contribution in [3.63, 3.8) is 0 Å². The number of hydrogen-bond acceptors (Lipinski definition) is 2. The van der Waals surface area contributed by atoms with Crippen LogP contribution in [-0.4, -0.2) is 18.7 Å². The quantitative estimate of drug-likeness (QED) is 0.849. The largest absolute Gasteiger partial charge is 0.490 e. The minimum atomic E-state index is 0.370. The van der Waals surface area contributed by atoms with Crippen molar-refractivity contribution in [1.82, 2.24) is 5.32 Å². The lowest BCUT2D eigenvalue weighted by atomic mass is 9.60. The summed E-state index contributed by atoms with van der Waals surface area (Å²) in [7, 11) is 0. The highest BCUT2D eigenvalue weighted by atomic mass is 35.5. The van der Waals surface area contributed by atoms with Crippen LogP contribution >= 0.6 is 11.6 Å². The molecular formula is C18H26ClNO. The lowest BCUT2D eigenvalue weighted by Gasteiger charge is -2.54. The van der Waals surface area contributed by atoms with Crippen LogP contribution in [0.5, 0.6) is 5.75 Å². The molecule has 0 heterocycles. The first-order valence-electron chi connectivity index (χ1n) is 8.32. The molecule has 0 bridgehead atoms. The Hall–Kier alpha value is -0.730. The van der Waals surface area contributed by atoms with Crippen LogP contribution in [0.1, 0.15) is 51.0 Å². The van der Waals surface area contributed by atoms with E-state index in [0.29, 0.717) is 17.6 Å². The Labute approximate surface area is 133 Å². The molecule has 1 N–H and O–H groups in total. The van der Waals surface area contributed by atoms with Crippen LogP contribution in [0.15, 0.2) is 18.2 Å². The molecule has 0 amide bonds. The minimum absolute atomic E-state index is 0.370. The van der Waals surface area contributed by atoms with Crippen LogP contribution in [0, 0.1) is 12.3 Å². The molecule has 2 nitrogen and oxygen atoms in total. The molecule has 2 aliphatic rings. The number of hydrogen-bond donors (Lipinski definition) is 1. The Bertz CT molecular complexity index is 496. The summed E-state index contributed by atoms with van der Waals surface area (Å²) in [5.74, 6) is 0.974. The molecule has 3 rings (SSSR count). The third kappa shape index (κ3) is 2.80. The van der Waals surface area contributed by atoms with Crippen LogP contribution in [0.3, 0.4) is 0 Å². The SMILES string of the molecule is CCCNC1CC(Oc2ccc(Cl)c(C)c2)C12CCCC2. The fourth-order valence-electron chi connectivity index (χ4n) is 4.08. The number of nitrogens with one attached hydrogen (secondary N) is 1. The second-order valence-electron chi connectivity index (χ2n) is 6.70. The molecule has 0 aliphatic heterocycles. The molecule has 2 atom stereocenters. The second kappa shape index (κ2) is 6.18. The fourth-order valence-corrected chi connectivity index (χ4v) is 4.19. The highest BCUT2D eigenvalue weighted by Crippen LogP contribution is 2.54. The molecule has 1 aromatic rings. The van der Waals surface area contributed by atoms with Crippen molar-refractivity contribution >= 4 is 11.6 Å². The van der Waals surface area contributed by atoms with Gasteiger partial charge in [0.05, 0.1) is 0 Å². The van der Waals surface area contributed by atoms with Crippen LogP contribution < -0.4 is 10.1 Å². The molecule has 2 unspecified atom stereocenters. The Morgan fingerprint density at radius 1 is 1.33 bits per heavy atom. The standard InChI is InChI=1S/C18H26ClNO/c1-3-10-20-16-12-17(18(16)8-4-5-9-18)21-14-6-7-15(19)13(2)11-14/h6-7,11,16-17,20H,3-5,8-10,12H2,1-2H3. The van der Waals surface area contributed by atoms with Crippen molar-refractivity contribution in [2.24, 2.45) is 5.41 Å². The van der Waals surface area contributed by atoms with Gasteiger partial charge in [0.15, 0.2) is 0 Å². The van der Waals surface area contributed by atoms with Gasteiger partial charge in [-0.1, -0.05) is 31.4 Å². The second-order valence-corrected chi connectivity index (χ2v) is 7.11. The van der Waals surface area contributed by atoms with E-state index < -0.39 is 0 Å². The van der Waals surface area contributed by atoms with Crippen molar-refractivity contribution in [3.8, 4) is 5.75 Å². The maximum atomic E-state index is 6.34. The maximum absolute atomic E-state index is 6.34. The van der Waals surface area contributed by atoms with Gasteiger partial charge in [-0.2, -0.15) is 0 Å². The number of halogens is 1. The number of rotatable bonds is 5. The molecule has 3 heteroatoms. The van der Waals surface area contributed by atoms with Gasteiger partial charge in [-0.15, -0.1) is 0 Å². The van der Waals surface area contributed by atoms with E-state index in [1.165, 1.54) is 32.1 Å². The number of aryl methyl sites for hydroxylation is 1. The Kier molecular flexibility index (Phi) is 4.46. The van der Waals surface area contributed by atoms with Crippen LogP contribution in [0.25, 0.3) is 0 Å². The summed E-state index contributed by atoms with van der Waals surface area (Å²) < 4.78 is 6.34. The Morgan fingerprint density at radius 2 is 2.10 bits per heavy atom. The maximum Gasteiger partial charge on any atom is 0.120 e. The van der Waals surface area contributed by atoms with Crippen molar-refractivity contribution in [3.05, 3.63) is 28.8 Å². The molecule has 2 aliphatic carbocycles. The van der Waals surface area contributed by atoms with Gasteiger partial charge in [-0.05, 0) is 56.5 Å². The van der Waals surface area contributed by atoms with Crippen LogP contribution in [-0.2, 0) is 0 Å². The van der Waals surface area contributed by atoms with E-state index in [0.717, 1.165) is 29.3 Å². The molecule has 0 radical (unpaired) electrons. The first kappa shape index (κ1) is 15.2. The van der Waals surface area contributed by atoms with Crippen molar-refractivity contribution in [1.29, 1.82) is 0 Å². The predicted octanol–water partition coefficient (Wildman–Crippen LogP) is 4.73. The van der Waals surface area contributed by atoms with Gasteiger partial charge >= 0.3 is 0 Å². The molecule has 1 aromatic carbocycles. The third-order valence-corrected chi connectivity index (χ3v) is 5.79. The van der Waals surface area contributed by atoms with Crippen LogP contribution in [0.4, 0.5) is 0 Å². The summed E-state index contributed by atoms with van der Waals surface area (Å²) in [5, 5.41) is 4.55. The molecule has 0 aromatic heterocycles. The normalized spacial score (nSPS) is 26.8. The van der Waals surface area contributed by atoms with E-state index in [1.54, 1.807) is 0 Å². The predicted molar refractivity (Wildman–Crippen MR) is 88.2 cm³/mol. The van der Waals surface area contributed by atoms with E-state index in [9.17, 15) is 0 Å². The zero-order valence-corrected chi connectivity index (χ0v) is 13.9. The van der Waals surface area contributed by atoms with Crippen molar-refractivity contribution in [2.45, 2.75) is 64.5 Å². The third-order valence-electron chi connectivity index (χ3n) is 5.37. The monoisotopic (exact) mass is 307 g/mol. The topological polar surface area (TPSA) is 21.3 Å². The van der Waals surface area contributed by atoms with E-state index >= 15 is 0 Å². The van der Waals surface area contributed by atoms with Crippen LogP contribution in [0.2, 0.25) is 5.02 Å². The van der Waals surface area contributed by atoms with Gasteiger partial charge in [-0.25, -0.2) is 0 Å². The summed E-state index contributed by atoms with van der Waals surface area (Å²) in [6, 6.07) is 6.67. The molecule has 21 heavy (non-hydrogen) atoms. The zero-order valence-electron chi connectivity index (χ0n) is 13.1. The summed E-state index contributed by atoms with van der Waals surface area (Å²) >= 11 is 6.10. The highest BCUT2D eigenvalue weighted by Gasteiger charge is 2.57. The van der Waals surface area contributed by atoms with E-state index in [2.05, 4.69) is 18.3 Å². The molecule has 2 fully saturated rings. The van der Waals surface area contributed by atoms with Crippen molar-refractivity contribution in [2.75, 3.05) is 6.54 Å². The van der Waals surface area contributed by atoms with E-state index in [-0.39, 0.29) is 0 Å². The molecular weight excluding hydrogens is 282 g/mol. The van der Waals surface area contributed by atoms with Crippen molar-refractivity contribution < 1.29 is 4.74 Å². The molecule has 0 saturated heterocycles. The highest BCUT2D eigenvalue weighted by molar-refractivity contribution is 6.31. The lowest BCUT2D eigenvalue weighted by molar-refractivity contribution is -0.0759. The molecule has 2 saturated carbocycles. The summed E-state index contributed by atoms with van der Waals surface area (Å²) in [5.41, 5.74) is 1.47. The smallest absolute Gasteiger partial charge is 0.120 e. The minimum Gasteiger partial charge on any atom is -0.490 e. The molecule has 1 spiro atoms. The summed E-state index contributed by atoms with van der Waals surface area (Å²) in [6.07, 6.45) is 8.04. The fraction of sp³-hybridized carbons (Fsp3) is 0.667. The average Bonchev–Trinajstić information content (AvgIpc) is 2.98. The Morgan fingerprint density at radius 3 is 2.76 bits per heavy atom. The Balaban J connectivity index is 1.69. The van der Waals surface area contributed by atoms with Gasteiger partial charge < -0.3 is 10.1 Å². The van der Waals surface area contributed by atoms with Gasteiger partial charge in [0.2, 0.25) is 0 Å². The zero-order chi connectivity index (χ0) is 14.9. The van der Waals surface area contributed by atoms with E-state index in [4.69, 9.17) is 16.3 Å². The molecule has 116 valence electrons. The first-order valence-corrected chi connectivity index (χ1v) is 8.70. The average molecular weight is 308 g/mol. The van der Waals surface area contributed by atoms with Gasteiger partial charge in [0.25, 0.3) is 0 Å². The summed E-state index contributed by atoms with van der Waals surface area (Å²) in [4.78, 5) is 0.